The van der Waals surface area contributed by atoms with Gasteiger partial charge in [-0.05, 0) is 56.9 Å². The zero-order valence-corrected chi connectivity index (χ0v) is 29.9. The number of aryl methyl sites for hydroxylation is 1. The summed E-state index contributed by atoms with van der Waals surface area (Å²) in [7, 11) is 0. The van der Waals surface area contributed by atoms with Crippen LogP contribution in [0.5, 0.6) is 5.75 Å². The monoisotopic (exact) mass is 701 g/mol. The summed E-state index contributed by atoms with van der Waals surface area (Å²) in [4.78, 5) is 66.2. The van der Waals surface area contributed by atoms with E-state index in [1.165, 1.54) is 51.1 Å². The number of hydrogen-bond acceptors (Lipinski definition) is 10. The van der Waals surface area contributed by atoms with Crippen LogP contribution >= 0.6 is 0 Å². The van der Waals surface area contributed by atoms with Crippen molar-refractivity contribution in [3.05, 3.63) is 105 Å². The lowest BCUT2D eigenvalue weighted by Crippen LogP contribution is -2.36. The van der Waals surface area contributed by atoms with Gasteiger partial charge in [0.2, 0.25) is 5.78 Å². The van der Waals surface area contributed by atoms with Gasteiger partial charge in [0.05, 0.1) is 29.4 Å². The molecule has 1 aliphatic carbocycles. The van der Waals surface area contributed by atoms with Crippen molar-refractivity contribution in [2.75, 3.05) is 0 Å². The van der Waals surface area contributed by atoms with Gasteiger partial charge >= 0.3 is 0 Å². The Bertz CT molecular complexity index is 1820. The Morgan fingerprint density at radius 3 is 2.04 bits per heavy atom. The zero-order valence-electron chi connectivity index (χ0n) is 29.9. The number of aliphatic hydroxyl groups is 4. The van der Waals surface area contributed by atoms with Gasteiger partial charge in [0.25, 0.3) is 11.7 Å². The molecule has 4 rings (SSSR count). The number of fused-ring (bicyclic) bond motifs is 18. The largest absolute Gasteiger partial charge is 0.507 e. The van der Waals surface area contributed by atoms with Crippen LogP contribution < -0.4 is 5.32 Å². The molecule has 6 N–H and O–H groups in total. The Morgan fingerprint density at radius 2 is 1.37 bits per heavy atom. The molecule has 0 saturated heterocycles. The zero-order chi connectivity index (χ0) is 38.3. The summed E-state index contributed by atoms with van der Waals surface area (Å²) in [5.74, 6) is -7.21. The first kappa shape index (κ1) is 40.5. The van der Waals surface area contributed by atoms with Gasteiger partial charge in [-0.2, -0.15) is 0 Å². The molecule has 0 spiro atoms. The number of hydrogen-bond donors (Lipinski definition) is 6. The van der Waals surface area contributed by atoms with Crippen molar-refractivity contribution < 1.29 is 49.5 Å². The van der Waals surface area contributed by atoms with E-state index in [2.05, 4.69) is 5.32 Å². The highest BCUT2D eigenvalue weighted by Crippen LogP contribution is 2.37. The number of carbonyl (C=O) groups is 5. The number of benzene rings is 1. The van der Waals surface area contributed by atoms with Crippen LogP contribution in [0.25, 0.3) is 5.76 Å². The number of allylic oxidation sites excluding steroid dienone is 7. The molecule has 11 heteroatoms. The lowest BCUT2D eigenvalue weighted by atomic mass is 9.82. The second-order valence-electron chi connectivity index (χ2n) is 13.3. The molecular weight excluding hydrogens is 654 g/mol. The predicted molar refractivity (Wildman–Crippen MR) is 193 cm³/mol. The number of aliphatic hydroxyl groups excluding tert-OH is 4. The number of rotatable bonds is 0. The summed E-state index contributed by atoms with van der Waals surface area (Å²) in [6.07, 6.45) is 11.0. The molecule has 11 nitrogen and oxygen atoms in total. The van der Waals surface area contributed by atoms with E-state index in [9.17, 15) is 49.5 Å². The highest BCUT2D eigenvalue weighted by atomic mass is 16.3. The predicted octanol–water partition coefficient (Wildman–Crippen LogP) is 4.85. The van der Waals surface area contributed by atoms with Crippen LogP contribution in [0.3, 0.4) is 0 Å². The van der Waals surface area contributed by atoms with Gasteiger partial charge in [-0.15, -0.1) is 0 Å². The van der Waals surface area contributed by atoms with E-state index >= 15 is 0 Å². The van der Waals surface area contributed by atoms with Crippen LogP contribution in [0.1, 0.15) is 86.2 Å². The fourth-order valence-corrected chi connectivity index (χ4v) is 5.64. The molecule has 1 amide bonds. The van der Waals surface area contributed by atoms with Crippen LogP contribution in [0.15, 0.2) is 83.2 Å². The number of phenols is 1. The molecule has 0 fully saturated rings. The fourth-order valence-electron chi connectivity index (χ4n) is 5.64. The Kier molecular flexibility index (Phi) is 13.7. The quantitative estimate of drug-likeness (QED) is 0.161. The minimum absolute atomic E-state index is 0.0427. The first-order valence-electron chi connectivity index (χ1n) is 16.7. The molecule has 0 unspecified atom stereocenters. The number of amides is 1. The second-order valence-corrected chi connectivity index (χ2v) is 13.3. The van der Waals surface area contributed by atoms with Gasteiger partial charge in [0.15, 0.2) is 17.3 Å². The van der Waals surface area contributed by atoms with Crippen LogP contribution in [0.4, 0.5) is 0 Å². The first-order chi connectivity index (χ1) is 23.9. The van der Waals surface area contributed by atoms with Crippen molar-refractivity contribution in [1.82, 2.24) is 5.32 Å². The highest BCUT2D eigenvalue weighted by Gasteiger charge is 2.39. The third-order valence-corrected chi connectivity index (χ3v) is 9.14. The molecule has 272 valence electrons. The molecule has 2 aliphatic heterocycles. The van der Waals surface area contributed by atoms with E-state index in [4.69, 9.17) is 0 Å². The Morgan fingerprint density at radius 1 is 0.706 bits per heavy atom. The minimum atomic E-state index is -1.29. The lowest BCUT2D eigenvalue weighted by Gasteiger charge is -2.23. The molecule has 51 heavy (non-hydrogen) atoms. The first-order valence-corrected chi connectivity index (χ1v) is 16.7. The van der Waals surface area contributed by atoms with Gasteiger partial charge in [-0.3, -0.25) is 24.0 Å². The third-order valence-electron chi connectivity index (χ3n) is 9.14. The molecule has 1 aromatic rings. The van der Waals surface area contributed by atoms with Crippen molar-refractivity contribution in [3.63, 3.8) is 0 Å². The van der Waals surface area contributed by atoms with Crippen LogP contribution in [0.2, 0.25) is 0 Å². The molecule has 0 aromatic heterocycles. The van der Waals surface area contributed by atoms with Gasteiger partial charge < -0.3 is 30.8 Å². The number of phenolic OH excluding ortho intramolecular Hbond substituents is 1. The summed E-state index contributed by atoms with van der Waals surface area (Å²) < 4.78 is 0. The molecule has 3 aliphatic rings. The molecule has 0 saturated carbocycles. The van der Waals surface area contributed by atoms with Crippen LogP contribution in [-0.2, 0) is 14.4 Å². The smallest absolute Gasteiger partial charge is 0.253 e. The summed E-state index contributed by atoms with van der Waals surface area (Å²) in [6.45, 7) is 11.0. The number of ketones is 4. The van der Waals surface area contributed by atoms with Gasteiger partial charge in [0.1, 0.15) is 11.4 Å². The molecule has 1 aromatic carbocycles. The Labute approximate surface area is 297 Å². The summed E-state index contributed by atoms with van der Waals surface area (Å²) in [5, 5.41) is 56.5. The van der Waals surface area contributed by atoms with Crippen molar-refractivity contribution in [1.29, 1.82) is 0 Å². The Balaban J connectivity index is 2.10. The standard InChI is InChI=1S/C40H47NO10/c1-20-11-9-8-10-12-23(4)40(51)41-33-37(48)28-18-26(7)36(47)32(31(28)38(49)39(33)50)35(46)25(6)17-24(5)34(45)22(3)14-16-27(42)15-13-21(2)30(44)19-29(20)43/h8-14,16-18,20,22,24,27,29,34,42-43,45,47-48H,15,19H2,1-7H3,(H,41,51)/t20-,22-,24-,27-,29-,34-/m0/s1. The highest BCUT2D eigenvalue weighted by molar-refractivity contribution is 6.53. The van der Waals surface area contributed by atoms with E-state index in [1.807, 2.05) is 0 Å². The van der Waals surface area contributed by atoms with E-state index in [-0.39, 0.29) is 40.9 Å². The average molecular weight is 702 g/mol. The summed E-state index contributed by atoms with van der Waals surface area (Å²) >= 11 is 0. The maximum Gasteiger partial charge on any atom is 0.253 e. The maximum atomic E-state index is 13.8. The van der Waals surface area contributed by atoms with Crippen LogP contribution in [-0.4, -0.2) is 72.9 Å². The number of aromatic hydroxyl groups is 1. The van der Waals surface area contributed by atoms with Crippen LogP contribution in [0, 0.1) is 24.7 Å². The third kappa shape index (κ3) is 9.63. The van der Waals surface area contributed by atoms with Gasteiger partial charge in [0, 0.05) is 35.3 Å². The summed E-state index contributed by atoms with van der Waals surface area (Å²) in [6, 6.07) is 1.24. The SMILES string of the molecule is CC1=CC[C@H](O)C=C[C@H](C)[C@H](O)[C@@H](C)C=C(C)C(=O)c2c(O)c(C)cc3c2C(=O)C(=O)C(=C3O)NC(=O)C(C)=CC=CC=C[C@H](C)[C@@H](O)CC1=O. The van der Waals surface area contributed by atoms with Crippen molar-refractivity contribution >= 4 is 34.8 Å². The van der Waals surface area contributed by atoms with Gasteiger partial charge in [-0.25, -0.2) is 0 Å². The van der Waals surface area contributed by atoms with E-state index in [1.54, 1.807) is 58.1 Å². The van der Waals surface area contributed by atoms with Gasteiger partial charge in [-0.1, -0.05) is 75.5 Å². The van der Waals surface area contributed by atoms with E-state index in [0.29, 0.717) is 5.57 Å². The number of Topliss-reactive ketones (excluding diaryl/α,β-unsaturated/α-hetero) is 4. The average Bonchev–Trinajstić information content (AvgIpc) is 3.09. The molecule has 2 heterocycles. The molecule has 6 atom stereocenters. The van der Waals surface area contributed by atoms with Crippen molar-refractivity contribution in [2.24, 2.45) is 17.8 Å². The minimum Gasteiger partial charge on any atom is -0.507 e. The van der Waals surface area contributed by atoms with Crippen molar-refractivity contribution in [2.45, 2.75) is 79.6 Å². The topological polar surface area (TPSA) is 199 Å². The molecule has 0 radical (unpaired) electrons. The van der Waals surface area contributed by atoms with Crippen molar-refractivity contribution in [3.8, 4) is 5.75 Å². The molecule has 4 bridgehead atoms. The molecular formula is C40H47NO10. The fraction of sp³-hybridized carbons (Fsp3) is 0.375. The number of carbonyl (C=O) groups excluding carboxylic acids is 5. The second kappa shape index (κ2) is 17.3. The van der Waals surface area contributed by atoms with E-state index < -0.39 is 87.7 Å². The van der Waals surface area contributed by atoms with E-state index in [0.717, 1.165) is 0 Å². The normalized spacial score (nSPS) is 26.6. The Hall–Kier alpha value is -4.97. The lowest BCUT2D eigenvalue weighted by molar-refractivity contribution is -0.119. The maximum absolute atomic E-state index is 13.8. The number of nitrogens with one attached hydrogen (secondary N) is 1. The summed E-state index contributed by atoms with van der Waals surface area (Å²) in [5.41, 5.74) is -1.23.